The molecule has 0 saturated heterocycles. The van der Waals surface area contributed by atoms with E-state index in [-0.39, 0.29) is 51.3 Å². The van der Waals surface area contributed by atoms with Gasteiger partial charge in [0.25, 0.3) is 0 Å². The van der Waals surface area contributed by atoms with Crippen molar-refractivity contribution in [1.29, 1.82) is 0 Å². The van der Waals surface area contributed by atoms with Gasteiger partial charge >= 0.3 is 30.2 Å². The van der Waals surface area contributed by atoms with Crippen molar-refractivity contribution in [1.82, 2.24) is 0 Å². The summed E-state index contributed by atoms with van der Waals surface area (Å²) >= 11 is 1.36. The number of hydrogen-bond donors (Lipinski definition) is 0. The van der Waals surface area contributed by atoms with Crippen molar-refractivity contribution < 1.29 is 32.1 Å². The Kier molecular flexibility index (Phi) is 20.4. The van der Waals surface area contributed by atoms with Crippen LogP contribution >= 0.6 is 24.8 Å². The average molecular weight is 569 g/mol. The monoisotopic (exact) mass is 566 g/mol. The Labute approximate surface area is 222 Å². The van der Waals surface area contributed by atoms with E-state index >= 15 is 0 Å². The second-order valence-corrected chi connectivity index (χ2v) is 6.27. The number of halogens is 4. The molecule has 0 bridgehead atoms. The van der Waals surface area contributed by atoms with Gasteiger partial charge in [0, 0.05) is 0 Å². The zero-order valence-electron chi connectivity index (χ0n) is 18.8. The van der Waals surface area contributed by atoms with Gasteiger partial charge in [-0.2, -0.15) is 23.3 Å². The molecule has 0 atom stereocenters. The van der Waals surface area contributed by atoms with Crippen LogP contribution in [0.25, 0.3) is 11.1 Å². The molecular formula is C26H28Cl2F2SiZr-4. The summed E-state index contributed by atoms with van der Waals surface area (Å²) in [6.07, 6.45) is 12.2. The van der Waals surface area contributed by atoms with Crippen LogP contribution in [-0.4, -0.2) is 6.88 Å². The van der Waals surface area contributed by atoms with E-state index in [1.54, 1.807) is 24.3 Å². The van der Waals surface area contributed by atoms with Crippen LogP contribution in [0.1, 0.15) is 37.8 Å². The SMILES string of the molecule is CC1=[C-]CC=C1c1cccc(F)c1.CC1=[C-]CC=C1c1cccc(F)c1.Cl.Cl.[CH3-].[CH3-].[Si]=[Zr]. The molecule has 6 heteroatoms. The third kappa shape index (κ3) is 10.3. The quantitative estimate of drug-likeness (QED) is 0.254. The fraction of sp³-hybridized carbons (Fsp3) is 0.154. The number of hydrogen-bond acceptors (Lipinski definition) is 0. The van der Waals surface area contributed by atoms with Gasteiger partial charge in [-0.25, -0.2) is 19.9 Å². The van der Waals surface area contributed by atoms with Gasteiger partial charge in [-0.3, -0.25) is 12.2 Å². The molecule has 0 spiro atoms. The third-order valence-corrected chi connectivity index (χ3v) is 4.43. The summed E-state index contributed by atoms with van der Waals surface area (Å²) in [5, 5.41) is 0. The van der Waals surface area contributed by atoms with Crippen molar-refractivity contribution in [2.24, 2.45) is 0 Å². The first-order valence-electron chi connectivity index (χ1n) is 8.87. The van der Waals surface area contributed by atoms with E-state index in [9.17, 15) is 8.78 Å². The average Bonchev–Trinajstić information content (AvgIpc) is 3.32. The first-order chi connectivity index (χ1) is 13.5. The van der Waals surface area contributed by atoms with E-state index in [2.05, 4.69) is 31.2 Å². The maximum absolute atomic E-state index is 12.9. The molecule has 0 nitrogen and oxygen atoms in total. The summed E-state index contributed by atoms with van der Waals surface area (Å²) in [4.78, 5) is 0. The van der Waals surface area contributed by atoms with E-state index in [4.69, 9.17) is 0 Å². The normalized spacial score (nSPS) is 12.7. The predicted octanol–water partition coefficient (Wildman–Crippen LogP) is 8.09. The van der Waals surface area contributed by atoms with Gasteiger partial charge in [0.05, 0.1) is 0 Å². The van der Waals surface area contributed by atoms with Crippen molar-refractivity contribution in [3.63, 3.8) is 0 Å². The van der Waals surface area contributed by atoms with Gasteiger partial charge < -0.3 is 14.9 Å². The first kappa shape index (κ1) is 35.5. The molecule has 2 aromatic carbocycles. The van der Waals surface area contributed by atoms with Gasteiger partial charge in [-0.05, 0) is 24.3 Å². The molecule has 4 rings (SSSR count). The third-order valence-electron chi connectivity index (χ3n) is 4.43. The Bertz CT molecular complexity index is 888. The minimum atomic E-state index is -0.182. The number of benzene rings is 2. The van der Waals surface area contributed by atoms with Crippen LogP contribution in [-0.2, 0) is 23.3 Å². The van der Waals surface area contributed by atoms with E-state index in [1.165, 1.54) is 35.5 Å². The minimum absolute atomic E-state index is 0. The molecule has 2 aliphatic carbocycles. The number of allylic oxidation sites excluding steroid dienone is 8. The van der Waals surface area contributed by atoms with Crippen LogP contribution in [0.2, 0.25) is 0 Å². The van der Waals surface area contributed by atoms with Gasteiger partial charge in [0.2, 0.25) is 0 Å². The second-order valence-electron chi connectivity index (χ2n) is 6.27. The summed E-state index contributed by atoms with van der Waals surface area (Å²) in [6.45, 7) is 7.07. The summed E-state index contributed by atoms with van der Waals surface area (Å²) in [5.41, 5.74) is 6.35. The van der Waals surface area contributed by atoms with Gasteiger partial charge in [0.1, 0.15) is 11.6 Å². The summed E-state index contributed by atoms with van der Waals surface area (Å²) < 4.78 is 25.8. The molecule has 0 amide bonds. The molecule has 0 fully saturated rings. The Balaban J connectivity index is -0.000000437. The summed E-state index contributed by atoms with van der Waals surface area (Å²) in [5.74, 6) is -0.365. The molecule has 2 radical (unpaired) electrons. The molecule has 2 aliphatic rings. The van der Waals surface area contributed by atoms with Crippen LogP contribution in [0.15, 0.2) is 71.8 Å². The van der Waals surface area contributed by atoms with Gasteiger partial charge in [-0.1, -0.05) is 49.2 Å². The topological polar surface area (TPSA) is 0 Å². The maximum atomic E-state index is 12.9. The molecule has 0 saturated carbocycles. The van der Waals surface area contributed by atoms with Crippen molar-refractivity contribution in [2.75, 3.05) is 0 Å². The molecule has 172 valence electrons. The molecule has 0 heterocycles. The second kappa shape index (κ2) is 18.4. The molecule has 0 aromatic heterocycles. The molecule has 0 N–H and O–H groups in total. The molecule has 32 heavy (non-hydrogen) atoms. The Morgan fingerprint density at radius 2 is 1.06 bits per heavy atom. The Morgan fingerprint density at radius 3 is 1.31 bits per heavy atom. The zero-order valence-corrected chi connectivity index (χ0v) is 23.9. The zero-order chi connectivity index (χ0) is 20.5. The van der Waals surface area contributed by atoms with Crippen molar-refractivity contribution in [3.05, 3.63) is 122 Å². The Hall–Kier alpha value is -1.06. The molecule has 2 aromatic rings. The fourth-order valence-electron chi connectivity index (χ4n) is 3.09. The van der Waals surface area contributed by atoms with Crippen LogP contribution < -0.4 is 0 Å². The molecular weight excluding hydrogens is 540 g/mol. The van der Waals surface area contributed by atoms with Crippen LogP contribution in [0.3, 0.4) is 0 Å². The molecule has 0 unspecified atom stereocenters. The first-order valence-corrected chi connectivity index (χ1v) is 13.1. The van der Waals surface area contributed by atoms with Crippen LogP contribution in [0, 0.1) is 38.6 Å². The van der Waals surface area contributed by atoms with E-state index in [0.29, 0.717) is 0 Å². The van der Waals surface area contributed by atoms with Crippen LogP contribution in [0.4, 0.5) is 8.78 Å². The Morgan fingerprint density at radius 1 is 0.719 bits per heavy atom. The molecule has 0 aliphatic heterocycles. The van der Waals surface area contributed by atoms with Gasteiger partial charge in [0.15, 0.2) is 0 Å². The summed E-state index contributed by atoms with van der Waals surface area (Å²) in [7, 11) is 0. The number of rotatable bonds is 2. The van der Waals surface area contributed by atoms with E-state index in [0.717, 1.165) is 46.3 Å². The van der Waals surface area contributed by atoms with Crippen molar-refractivity contribution in [2.45, 2.75) is 26.7 Å². The predicted molar refractivity (Wildman–Crippen MR) is 136 cm³/mol. The van der Waals surface area contributed by atoms with E-state index < -0.39 is 0 Å². The van der Waals surface area contributed by atoms with Crippen LogP contribution in [0.5, 0.6) is 0 Å². The standard InChI is InChI=1S/2C12H10F.2CH3.2ClH.Si.Zr/c2*1-9-4-2-7-12(9)10-5-3-6-11(13)8-10;;;;;;/h2*3,5-8H,2H2,1H3;2*1H3;2*1H;;/q4*-1;;;;. The van der Waals surface area contributed by atoms with Crippen molar-refractivity contribution >= 4 is 42.8 Å². The van der Waals surface area contributed by atoms with E-state index in [1.807, 2.05) is 26.0 Å². The summed E-state index contributed by atoms with van der Waals surface area (Å²) in [6, 6.07) is 13.3. The van der Waals surface area contributed by atoms with Gasteiger partial charge in [-0.15, -0.1) is 37.7 Å². The van der Waals surface area contributed by atoms with Crippen molar-refractivity contribution in [3.8, 4) is 0 Å². The fourth-order valence-corrected chi connectivity index (χ4v) is 3.09.